The fraction of sp³-hybridized carbons (Fsp3) is 0.250. The van der Waals surface area contributed by atoms with Crippen molar-refractivity contribution in [3.8, 4) is 11.5 Å². The Morgan fingerprint density at radius 3 is 2.57 bits per heavy atom. The molecule has 0 saturated heterocycles. The number of benzene rings is 2. The lowest BCUT2D eigenvalue weighted by Gasteiger charge is -2.13. The van der Waals surface area contributed by atoms with Crippen molar-refractivity contribution in [2.45, 2.75) is 13.5 Å². The summed E-state index contributed by atoms with van der Waals surface area (Å²) < 4.78 is 13.0. The van der Waals surface area contributed by atoms with Gasteiger partial charge in [0, 0.05) is 21.2 Å². The second-order valence-corrected chi connectivity index (χ2v) is 6.17. The summed E-state index contributed by atoms with van der Waals surface area (Å²) in [5.74, 6) is 1.52. The number of halogens is 2. The highest BCUT2D eigenvalue weighted by Crippen LogP contribution is 2.30. The Bertz CT molecular complexity index is 617. The lowest BCUT2D eigenvalue weighted by atomic mass is 10.2. The number of ether oxygens (including phenoxy) is 2. The van der Waals surface area contributed by atoms with Gasteiger partial charge in [-0.05, 0) is 58.7 Å². The first kappa shape index (κ1) is 16.2. The maximum atomic E-state index is 5.52. The summed E-state index contributed by atoms with van der Waals surface area (Å²) in [5, 5.41) is 3.40. The summed E-state index contributed by atoms with van der Waals surface area (Å²) in [6.45, 7) is 3.29. The smallest absolute Gasteiger partial charge is 0.161 e. The van der Waals surface area contributed by atoms with Gasteiger partial charge in [0.05, 0.1) is 13.7 Å². The molecular weight excluding hydrogens is 398 g/mol. The summed E-state index contributed by atoms with van der Waals surface area (Å²) in [6, 6.07) is 12.0. The zero-order valence-electron chi connectivity index (χ0n) is 12.0. The molecule has 0 fully saturated rings. The first-order chi connectivity index (χ1) is 10.1. The molecule has 2 rings (SSSR count). The highest BCUT2D eigenvalue weighted by Gasteiger charge is 2.06. The molecule has 5 heteroatoms. The minimum atomic E-state index is 0.624. The third-order valence-electron chi connectivity index (χ3n) is 2.94. The molecule has 0 bridgehead atoms. The van der Waals surface area contributed by atoms with E-state index >= 15 is 0 Å². The average molecular weight is 415 g/mol. The molecule has 2 aromatic carbocycles. The minimum absolute atomic E-state index is 0.624. The van der Waals surface area contributed by atoms with Crippen LogP contribution in [0.4, 0.5) is 5.69 Å². The highest BCUT2D eigenvalue weighted by atomic mass is 79.9. The van der Waals surface area contributed by atoms with Crippen molar-refractivity contribution in [2.24, 2.45) is 0 Å². The molecule has 21 heavy (non-hydrogen) atoms. The molecule has 0 aromatic heterocycles. The van der Waals surface area contributed by atoms with E-state index in [1.54, 1.807) is 7.11 Å². The van der Waals surface area contributed by atoms with Crippen molar-refractivity contribution in [3.05, 3.63) is 50.9 Å². The van der Waals surface area contributed by atoms with E-state index in [-0.39, 0.29) is 0 Å². The van der Waals surface area contributed by atoms with Crippen LogP contribution in [0, 0.1) is 0 Å². The second kappa shape index (κ2) is 7.71. The number of anilines is 1. The third-order valence-corrected chi connectivity index (χ3v) is 4.12. The molecule has 3 nitrogen and oxygen atoms in total. The molecule has 0 radical (unpaired) electrons. The van der Waals surface area contributed by atoms with Crippen molar-refractivity contribution in [1.82, 2.24) is 0 Å². The lowest BCUT2D eigenvalue weighted by molar-refractivity contribution is 0.310. The van der Waals surface area contributed by atoms with E-state index in [4.69, 9.17) is 9.47 Å². The molecule has 0 amide bonds. The predicted octanol–water partition coefficient (Wildman–Crippen LogP) is 5.23. The largest absolute Gasteiger partial charge is 0.493 e. The Morgan fingerprint density at radius 1 is 1.05 bits per heavy atom. The van der Waals surface area contributed by atoms with Gasteiger partial charge in [0.25, 0.3) is 0 Å². The van der Waals surface area contributed by atoms with E-state index in [1.165, 1.54) is 0 Å². The van der Waals surface area contributed by atoms with Gasteiger partial charge in [-0.3, -0.25) is 0 Å². The van der Waals surface area contributed by atoms with Gasteiger partial charge in [-0.2, -0.15) is 0 Å². The first-order valence-corrected chi connectivity index (χ1v) is 8.21. The molecule has 0 aliphatic carbocycles. The Labute approximate surface area is 141 Å². The van der Waals surface area contributed by atoms with Crippen LogP contribution in [0.5, 0.6) is 11.5 Å². The topological polar surface area (TPSA) is 30.5 Å². The summed E-state index contributed by atoms with van der Waals surface area (Å²) in [7, 11) is 1.65. The SMILES string of the molecule is CCOc1ccc(CNc2cc(Br)ccc2Br)cc1OC. The molecular formula is C16H17Br2NO2. The van der Waals surface area contributed by atoms with Crippen LogP contribution >= 0.6 is 31.9 Å². The number of hydrogen-bond acceptors (Lipinski definition) is 3. The van der Waals surface area contributed by atoms with Crippen LogP contribution in [-0.2, 0) is 6.54 Å². The van der Waals surface area contributed by atoms with Crippen molar-refractivity contribution in [3.63, 3.8) is 0 Å². The van der Waals surface area contributed by atoms with Gasteiger partial charge >= 0.3 is 0 Å². The van der Waals surface area contributed by atoms with Gasteiger partial charge in [0.1, 0.15) is 0 Å². The van der Waals surface area contributed by atoms with Crippen LogP contribution in [0.15, 0.2) is 45.3 Å². The molecule has 0 aliphatic rings. The Hall–Kier alpha value is -1.20. The monoisotopic (exact) mass is 413 g/mol. The number of rotatable bonds is 6. The highest BCUT2D eigenvalue weighted by molar-refractivity contribution is 9.11. The zero-order valence-corrected chi connectivity index (χ0v) is 15.1. The Kier molecular flexibility index (Phi) is 5.94. The van der Waals surface area contributed by atoms with Crippen LogP contribution in [0.1, 0.15) is 12.5 Å². The van der Waals surface area contributed by atoms with E-state index in [0.29, 0.717) is 13.2 Å². The van der Waals surface area contributed by atoms with Gasteiger partial charge in [-0.15, -0.1) is 0 Å². The van der Waals surface area contributed by atoms with Crippen molar-refractivity contribution in [1.29, 1.82) is 0 Å². The van der Waals surface area contributed by atoms with Crippen LogP contribution in [0.2, 0.25) is 0 Å². The summed E-state index contributed by atoms with van der Waals surface area (Å²) in [4.78, 5) is 0. The maximum Gasteiger partial charge on any atom is 0.161 e. The predicted molar refractivity (Wildman–Crippen MR) is 93.3 cm³/mol. The van der Waals surface area contributed by atoms with E-state index in [2.05, 4.69) is 37.2 Å². The molecule has 0 saturated carbocycles. The van der Waals surface area contributed by atoms with Gasteiger partial charge < -0.3 is 14.8 Å². The molecule has 112 valence electrons. The first-order valence-electron chi connectivity index (χ1n) is 6.62. The molecule has 0 atom stereocenters. The molecule has 0 unspecified atom stereocenters. The maximum absolute atomic E-state index is 5.52. The van der Waals surface area contributed by atoms with E-state index in [0.717, 1.165) is 31.7 Å². The number of nitrogens with one attached hydrogen (secondary N) is 1. The molecule has 0 spiro atoms. The quantitative estimate of drug-likeness (QED) is 0.701. The van der Waals surface area contributed by atoms with Crippen LogP contribution in [0.3, 0.4) is 0 Å². The summed E-state index contributed by atoms with van der Waals surface area (Å²) in [6.07, 6.45) is 0. The molecule has 1 N–H and O–H groups in total. The fourth-order valence-electron chi connectivity index (χ4n) is 1.93. The van der Waals surface area contributed by atoms with Gasteiger partial charge in [0.2, 0.25) is 0 Å². The van der Waals surface area contributed by atoms with Gasteiger partial charge in [-0.25, -0.2) is 0 Å². The number of hydrogen-bond donors (Lipinski definition) is 1. The Balaban J connectivity index is 2.11. The van der Waals surface area contributed by atoms with Gasteiger partial charge in [0.15, 0.2) is 11.5 Å². The molecule has 2 aromatic rings. The molecule has 0 heterocycles. The Morgan fingerprint density at radius 2 is 1.86 bits per heavy atom. The molecule has 0 aliphatic heterocycles. The normalized spacial score (nSPS) is 10.3. The number of methoxy groups -OCH3 is 1. The van der Waals surface area contributed by atoms with Crippen molar-refractivity contribution < 1.29 is 9.47 Å². The minimum Gasteiger partial charge on any atom is -0.493 e. The lowest BCUT2D eigenvalue weighted by Crippen LogP contribution is -2.02. The summed E-state index contributed by atoms with van der Waals surface area (Å²) in [5.41, 5.74) is 2.17. The average Bonchev–Trinajstić information content (AvgIpc) is 2.49. The zero-order chi connectivity index (χ0) is 15.2. The van der Waals surface area contributed by atoms with E-state index < -0.39 is 0 Å². The van der Waals surface area contributed by atoms with Crippen LogP contribution in [0.25, 0.3) is 0 Å². The van der Waals surface area contributed by atoms with Crippen LogP contribution in [-0.4, -0.2) is 13.7 Å². The fourth-order valence-corrected chi connectivity index (χ4v) is 2.67. The van der Waals surface area contributed by atoms with Crippen molar-refractivity contribution in [2.75, 3.05) is 19.0 Å². The third kappa shape index (κ3) is 4.38. The van der Waals surface area contributed by atoms with Crippen molar-refractivity contribution >= 4 is 37.5 Å². The van der Waals surface area contributed by atoms with E-state index in [9.17, 15) is 0 Å². The van der Waals surface area contributed by atoms with Gasteiger partial charge in [-0.1, -0.05) is 22.0 Å². The standard InChI is InChI=1S/C16H17Br2NO2/c1-3-21-15-7-4-11(8-16(15)20-2)10-19-14-9-12(17)5-6-13(14)18/h4-9,19H,3,10H2,1-2H3. The summed E-state index contributed by atoms with van der Waals surface area (Å²) >= 11 is 7.01. The van der Waals surface area contributed by atoms with Crippen LogP contribution < -0.4 is 14.8 Å². The van der Waals surface area contributed by atoms with E-state index in [1.807, 2.05) is 43.3 Å². The second-order valence-electron chi connectivity index (χ2n) is 4.40.